The number of benzene rings is 5. The number of hydrogen-bond acceptors (Lipinski definition) is 4. The molecule has 182 valence electrons. The van der Waals surface area contributed by atoms with Crippen LogP contribution >= 0.6 is 0 Å². The van der Waals surface area contributed by atoms with Gasteiger partial charge in [0, 0.05) is 52.1 Å². The molecule has 0 radical (unpaired) electrons. The third-order valence-electron chi connectivity index (χ3n) is 7.75. The second-order valence-corrected chi connectivity index (χ2v) is 9.89. The standard InChI is InChI=1S/C34H23BN4/c1-3-11-25(12-4-1)38-29-16-8-7-15-27(29)35-28-23-24(34-36-21-10-22-37-34)19-20-30(28)39(26-13-5-2-6-14-26)32-18-9-17-31(38)33(32)35/h1-23H. The lowest BCUT2D eigenvalue weighted by atomic mass is 9.33. The maximum Gasteiger partial charge on any atom is 0.252 e. The van der Waals surface area contributed by atoms with Crippen molar-refractivity contribution in [1.82, 2.24) is 9.97 Å². The third-order valence-corrected chi connectivity index (χ3v) is 7.75. The molecule has 5 aromatic carbocycles. The van der Waals surface area contributed by atoms with Crippen LogP contribution in [0.5, 0.6) is 0 Å². The van der Waals surface area contributed by atoms with E-state index in [0.717, 1.165) is 22.8 Å². The first-order chi connectivity index (χ1) is 19.4. The van der Waals surface area contributed by atoms with Crippen LogP contribution in [-0.4, -0.2) is 16.7 Å². The van der Waals surface area contributed by atoms with Gasteiger partial charge in [0.05, 0.1) is 0 Å². The quantitative estimate of drug-likeness (QED) is 0.271. The second-order valence-electron chi connectivity index (χ2n) is 9.89. The van der Waals surface area contributed by atoms with E-state index in [1.165, 1.54) is 39.1 Å². The van der Waals surface area contributed by atoms with Crippen molar-refractivity contribution in [2.45, 2.75) is 0 Å². The Morgan fingerprint density at radius 3 is 1.69 bits per heavy atom. The van der Waals surface area contributed by atoms with Gasteiger partial charge in [-0.1, -0.05) is 66.7 Å². The molecule has 0 spiro atoms. The fraction of sp³-hybridized carbons (Fsp3) is 0. The SMILES string of the molecule is c1ccc(N2c3ccccc3B3c4cc(-c5ncccn5)ccc4N(c4ccccc4)c4cccc2c43)cc1. The van der Waals surface area contributed by atoms with E-state index in [-0.39, 0.29) is 6.71 Å². The monoisotopic (exact) mass is 498 g/mol. The predicted octanol–water partition coefficient (Wildman–Crippen LogP) is 6.23. The predicted molar refractivity (Wildman–Crippen MR) is 161 cm³/mol. The summed E-state index contributed by atoms with van der Waals surface area (Å²) in [5, 5.41) is 0. The Morgan fingerprint density at radius 1 is 0.462 bits per heavy atom. The van der Waals surface area contributed by atoms with Crippen LogP contribution in [0.15, 0.2) is 140 Å². The van der Waals surface area contributed by atoms with E-state index in [2.05, 4.69) is 141 Å². The summed E-state index contributed by atoms with van der Waals surface area (Å²) in [4.78, 5) is 13.9. The maximum absolute atomic E-state index is 4.56. The summed E-state index contributed by atoms with van der Waals surface area (Å²) in [6, 6.07) is 45.3. The maximum atomic E-state index is 4.56. The summed E-state index contributed by atoms with van der Waals surface area (Å²) in [7, 11) is 0. The van der Waals surface area contributed by atoms with Crippen LogP contribution in [0.2, 0.25) is 0 Å². The number of fused-ring (bicyclic) bond motifs is 4. The van der Waals surface area contributed by atoms with Crippen LogP contribution < -0.4 is 26.2 Å². The molecule has 2 aliphatic heterocycles. The molecule has 5 heteroatoms. The number of nitrogens with zero attached hydrogens (tertiary/aromatic N) is 4. The number of para-hydroxylation sites is 3. The van der Waals surface area contributed by atoms with Gasteiger partial charge in [-0.15, -0.1) is 0 Å². The zero-order chi connectivity index (χ0) is 25.8. The minimum Gasteiger partial charge on any atom is -0.311 e. The van der Waals surface area contributed by atoms with Gasteiger partial charge in [0.15, 0.2) is 5.82 Å². The zero-order valence-corrected chi connectivity index (χ0v) is 21.1. The van der Waals surface area contributed by atoms with E-state index in [4.69, 9.17) is 0 Å². The summed E-state index contributed by atoms with van der Waals surface area (Å²) in [5.41, 5.74) is 12.0. The van der Waals surface area contributed by atoms with Gasteiger partial charge < -0.3 is 9.80 Å². The Kier molecular flexibility index (Phi) is 4.89. The van der Waals surface area contributed by atoms with Crippen molar-refractivity contribution in [3.05, 3.63) is 140 Å². The molecule has 0 aliphatic carbocycles. The van der Waals surface area contributed by atoms with Crippen molar-refractivity contribution < 1.29 is 0 Å². The van der Waals surface area contributed by atoms with E-state index in [1.807, 2.05) is 6.07 Å². The average Bonchev–Trinajstić information content (AvgIpc) is 3.02. The molecule has 0 atom stereocenters. The van der Waals surface area contributed by atoms with Crippen LogP contribution in [0.1, 0.15) is 0 Å². The third kappa shape index (κ3) is 3.33. The van der Waals surface area contributed by atoms with Crippen LogP contribution in [0, 0.1) is 0 Å². The molecule has 0 N–H and O–H groups in total. The number of aromatic nitrogens is 2. The first-order valence-electron chi connectivity index (χ1n) is 13.2. The minimum absolute atomic E-state index is 0.0750. The van der Waals surface area contributed by atoms with Crippen molar-refractivity contribution in [2.75, 3.05) is 9.80 Å². The molecule has 6 aromatic rings. The molecule has 39 heavy (non-hydrogen) atoms. The van der Waals surface area contributed by atoms with Crippen LogP contribution in [-0.2, 0) is 0 Å². The molecule has 0 fully saturated rings. The van der Waals surface area contributed by atoms with E-state index >= 15 is 0 Å². The number of hydrogen-bond donors (Lipinski definition) is 0. The fourth-order valence-corrected chi connectivity index (χ4v) is 6.19. The first kappa shape index (κ1) is 21.9. The Morgan fingerprint density at radius 2 is 1.03 bits per heavy atom. The highest BCUT2D eigenvalue weighted by Crippen LogP contribution is 2.43. The summed E-state index contributed by atoms with van der Waals surface area (Å²) >= 11 is 0. The van der Waals surface area contributed by atoms with Crippen molar-refractivity contribution in [2.24, 2.45) is 0 Å². The van der Waals surface area contributed by atoms with Gasteiger partial charge in [-0.3, -0.25) is 0 Å². The van der Waals surface area contributed by atoms with Gasteiger partial charge in [0.1, 0.15) is 0 Å². The van der Waals surface area contributed by atoms with Crippen molar-refractivity contribution >= 4 is 57.2 Å². The van der Waals surface area contributed by atoms with Crippen LogP contribution in [0.3, 0.4) is 0 Å². The van der Waals surface area contributed by atoms with Gasteiger partial charge in [0.25, 0.3) is 6.71 Å². The molecule has 0 saturated carbocycles. The van der Waals surface area contributed by atoms with Crippen molar-refractivity contribution in [3.63, 3.8) is 0 Å². The molecule has 8 rings (SSSR count). The molecule has 4 nitrogen and oxygen atoms in total. The highest BCUT2D eigenvalue weighted by Gasteiger charge is 2.43. The molecule has 0 unspecified atom stereocenters. The highest BCUT2D eigenvalue weighted by molar-refractivity contribution is 7.00. The normalized spacial score (nSPS) is 13.0. The summed E-state index contributed by atoms with van der Waals surface area (Å²) < 4.78 is 0. The summed E-state index contributed by atoms with van der Waals surface area (Å²) in [5.74, 6) is 0.737. The van der Waals surface area contributed by atoms with Gasteiger partial charge in [0.2, 0.25) is 0 Å². The lowest BCUT2D eigenvalue weighted by Gasteiger charge is -2.44. The molecule has 0 amide bonds. The minimum atomic E-state index is 0.0750. The molecule has 2 aliphatic rings. The Bertz CT molecular complexity index is 1810. The molecule has 0 saturated heterocycles. The molecule has 3 heterocycles. The van der Waals surface area contributed by atoms with Crippen LogP contribution in [0.25, 0.3) is 11.4 Å². The molecular formula is C34H23BN4. The van der Waals surface area contributed by atoms with Gasteiger partial charge in [-0.05, 0) is 77.1 Å². The lowest BCUT2D eigenvalue weighted by Crippen LogP contribution is -2.61. The molecule has 1 aromatic heterocycles. The largest absolute Gasteiger partial charge is 0.311 e. The van der Waals surface area contributed by atoms with E-state index in [1.54, 1.807) is 12.4 Å². The van der Waals surface area contributed by atoms with Gasteiger partial charge in [-0.2, -0.15) is 0 Å². The summed E-state index contributed by atoms with van der Waals surface area (Å²) in [6.07, 6.45) is 3.61. The topological polar surface area (TPSA) is 32.3 Å². The van der Waals surface area contributed by atoms with Crippen molar-refractivity contribution in [1.29, 1.82) is 0 Å². The highest BCUT2D eigenvalue weighted by atomic mass is 15.2. The van der Waals surface area contributed by atoms with E-state index < -0.39 is 0 Å². The Balaban J connectivity index is 1.45. The Labute approximate surface area is 227 Å². The molecule has 0 bridgehead atoms. The lowest BCUT2D eigenvalue weighted by molar-refractivity contribution is 1.17. The number of anilines is 6. The van der Waals surface area contributed by atoms with Crippen LogP contribution in [0.4, 0.5) is 34.1 Å². The average molecular weight is 498 g/mol. The van der Waals surface area contributed by atoms with Gasteiger partial charge >= 0.3 is 0 Å². The first-order valence-corrected chi connectivity index (χ1v) is 13.2. The van der Waals surface area contributed by atoms with E-state index in [9.17, 15) is 0 Å². The summed E-state index contributed by atoms with van der Waals surface area (Å²) in [6.45, 7) is 0.0750. The fourth-order valence-electron chi connectivity index (χ4n) is 6.19. The zero-order valence-electron chi connectivity index (χ0n) is 21.1. The Hall–Kier alpha value is -5.16. The van der Waals surface area contributed by atoms with Crippen molar-refractivity contribution in [3.8, 4) is 11.4 Å². The van der Waals surface area contributed by atoms with Gasteiger partial charge in [-0.25, -0.2) is 9.97 Å². The molecular weight excluding hydrogens is 475 g/mol. The van der Waals surface area contributed by atoms with E-state index in [0.29, 0.717) is 0 Å². The second kappa shape index (κ2) is 8.71. The smallest absolute Gasteiger partial charge is 0.252 e. The number of rotatable bonds is 3.